The van der Waals surface area contributed by atoms with Crippen LogP contribution in [0.25, 0.3) is 0 Å². The van der Waals surface area contributed by atoms with Crippen LogP contribution < -0.4 is 5.32 Å². The van der Waals surface area contributed by atoms with E-state index in [9.17, 15) is 0 Å². The van der Waals surface area contributed by atoms with Gasteiger partial charge >= 0.3 is 0 Å². The number of rotatable bonds is 5. The number of hydrogen-bond acceptors (Lipinski definition) is 4. The molecule has 1 saturated heterocycles. The Morgan fingerprint density at radius 1 is 1.44 bits per heavy atom. The summed E-state index contributed by atoms with van der Waals surface area (Å²) in [4.78, 5) is 0. The van der Waals surface area contributed by atoms with Gasteiger partial charge in [0.15, 0.2) is 0 Å². The maximum atomic E-state index is 5.42. The Balaban J connectivity index is 1.78. The largest absolute Gasteiger partial charge is 0.472 e. The highest BCUT2D eigenvalue weighted by atomic mass is 32.2. The fraction of sp³-hybridized carbons (Fsp3) is 0.667. The van der Waals surface area contributed by atoms with E-state index < -0.39 is 0 Å². The Labute approximate surface area is 101 Å². The molecule has 1 aliphatic heterocycles. The monoisotopic (exact) mass is 241 g/mol. The smallest absolute Gasteiger partial charge is 0.0947 e. The summed E-state index contributed by atoms with van der Waals surface area (Å²) in [7, 11) is 0. The van der Waals surface area contributed by atoms with E-state index in [0.29, 0.717) is 4.75 Å². The minimum atomic E-state index is 0.363. The van der Waals surface area contributed by atoms with Gasteiger partial charge in [0.25, 0.3) is 0 Å². The predicted octanol–water partition coefficient (Wildman–Crippen LogP) is 2.28. The zero-order valence-corrected chi connectivity index (χ0v) is 10.5. The third-order valence-electron chi connectivity index (χ3n) is 3.19. The molecule has 0 spiro atoms. The maximum Gasteiger partial charge on any atom is 0.0947 e. The summed E-state index contributed by atoms with van der Waals surface area (Å²) in [5, 5.41) is 3.51. The van der Waals surface area contributed by atoms with E-state index in [1.54, 1.807) is 12.5 Å². The lowest BCUT2D eigenvalue weighted by Crippen LogP contribution is -2.42. The first kappa shape index (κ1) is 12.0. The summed E-state index contributed by atoms with van der Waals surface area (Å²) in [5.41, 5.74) is 1.21. The van der Waals surface area contributed by atoms with Crippen LogP contribution in [0.15, 0.2) is 23.0 Å². The normalized spacial score (nSPS) is 19.8. The molecule has 1 fully saturated rings. The summed E-state index contributed by atoms with van der Waals surface area (Å²) < 4.78 is 10.8. The van der Waals surface area contributed by atoms with Gasteiger partial charge in [-0.25, -0.2) is 0 Å². The van der Waals surface area contributed by atoms with Crippen LogP contribution in [-0.2, 0) is 11.3 Å². The SMILES string of the molecule is CSC1(CNCc2ccoc2)CCOCC1. The summed E-state index contributed by atoms with van der Waals surface area (Å²) in [6, 6.07) is 2.00. The first-order valence-electron chi connectivity index (χ1n) is 5.69. The van der Waals surface area contributed by atoms with Crippen molar-refractivity contribution >= 4 is 11.8 Å². The van der Waals surface area contributed by atoms with Gasteiger partial charge in [-0.2, -0.15) is 11.8 Å². The molecule has 0 aliphatic carbocycles. The highest BCUT2D eigenvalue weighted by molar-refractivity contribution is 8.00. The average molecular weight is 241 g/mol. The van der Waals surface area contributed by atoms with Crippen molar-refractivity contribution in [3.8, 4) is 0 Å². The predicted molar refractivity (Wildman–Crippen MR) is 66.7 cm³/mol. The molecule has 1 aliphatic rings. The molecule has 0 saturated carbocycles. The molecule has 0 atom stereocenters. The van der Waals surface area contributed by atoms with Crippen molar-refractivity contribution in [2.24, 2.45) is 0 Å². The van der Waals surface area contributed by atoms with Gasteiger partial charge in [0.1, 0.15) is 0 Å². The second kappa shape index (κ2) is 5.75. The molecule has 0 amide bonds. The van der Waals surface area contributed by atoms with E-state index in [-0.39, 0.29) is 0 Å². The van der Waals surface area contributed by atoms with E-state index in [4.69, 9.17) is 9.15 Å². The molecule has 1 aromatic heterocycles. The molecular formula is C12H19NO2S. The van der Waals surface area contributed by atoms with Crippen LogP contribution in [0.3, 0.4) is 0 Å². The lowest BCUT2D eigenvalue weighted by molar-refractivity contribution is 0.0772. The molecule has 1 N–H and O–H groups in total. The molecule has 2 rings (SSSR count). The Kier molecular flexibility index (Phi) is 4.32. The van der Waals surface area contributed by atoms with Gasteiger partial charge in [0.2, 0.25) is 0 Å². The number of thioether (sulfide) groups is 1. The van der Waals surface area contributed by atoms with Crippen LogP contribution in [0.4, 0.5) is 0 Å². The first-order valence-corrected chi connectivity index (χ1v) is 6.92. The van der Waals surface area contributed by atoms with Crippen molar-refractivity contribution in [3.63, 3.8) is 0 Å². The molecule has 0 bridgehead atoms. The lowest BCUT2D eigenvalue weighted by Gasteiger charge is -2.35. The summed E-state index contributed by atoms with van der Waals surface area (Å²) in [6.45, 7) is 3.73. The molecule has 16 heavy (non-hydrogen) atoms. The molecule has 1 aromatic rings. The highest BCUT2D eigenvalue weighted by Crippen LogP contribution is 2.32. The second-order valence-corrected chi connectivity index (χ2v) is 5.51. The van der Waals surface area contributed by atoms with E-state index in [2.05, 4.69) is 11.6 Å². The van der Waals surface area contributed by atoms with Gasteiger partial charge < -0.3 is 14.5 Å². The second-order valence-electron chi connectivity index (χ2n) is 4.23. The van der Waals surface area contributed by atoms with Crippen LogP contribution in [-0.4, -0.2) is 30.8 Å². The van der Waals surface area contributed by atoms with E-state index in [1.807, 2.05) is 17.8 Å². The van der Waals surface area contributed by atoms with Gasteiger partial charge in [-0.1, -0.05) is 0 Å². The molecule has 0 unspecified atom stereocenters. The third kappa shape index (κ3) is 3.03. The summed E-state index contributed by atoms with van der Waals surface area (Å²) in [5.74, 6) is 0. The summed E-state index contributed by atoms with van der Waals surface area (Å²) >= 11 is 1.96. The molecule has 2 heterocycles. The first-order chi connectivity index (χ1) is 7.85. The van der Waals surface area contributed by atoms with Gasteiger partial charge in [0.05, 0.1) is 12.5 Å². The van der Waals surface area contributed by atoms with Gasteiger partial charge in [-0.05, 0) is 25.2 Å². The molecular weight excluding hydrogens is 222 g/mol. The fourth-order valence-electron chi connectivity index (χ4n) is 2.02. The van der Waals surface area contributed by atoms with Crippen molar-refractivity contribution in [1.29, 1.82) is 0 Å². The highest BCUT2D eigenvalue weighted by Gasteiger charge is 2.31. The number of ether oxygens (including phenoxy) is 1. The number of nitrogens with one attached hydrogen (secondary N) is 1. The van der Waals surface area contributed by atoms with Gasteiger partial charge in [0, 0.05) is 36.6 Å². The molecule has 0 radical (unpaired) electrons. The molecule has 0 aromatic carbocycles. The Morgan fingerprint density at radius 3 is 2.88 bits per heavy atom. The van der Waals surface area contributed by atoms with Crippen LogP contribution in [0, 0.1) is 0 Å². The van der Waals surface area contributed by atoms with Crippen LogP contribution in [0.1, 0.15) is 18.4 Å². The van der Waals surface area contributed by atoms with Crippen molar-refractivity contribution in [1.82, 2.24) is 5.32 Å². The minimum absolute atomic E-state index is 0.363. The number of furan rings is 1. The molecule has 3 nitrogen and oxygen atoms in total. The Morgan fingerprint density at radius 2 is 2.25 bits per heavy atom. The van der Waals surface area contributed by atoms with Gasteiger partial charge in [-0.3, -0.25) is 0 Å². The average Bonchev–Trinajstić information content (AvgIpc) is 2.83. The molecule has 90 valence electrons. The lowest BCUT2D eigenvalue weighted by atomic mass is 9.99. The molecule has 4 heteroatoms. The zero-order chi connectivity index (χ0) is 11.3. The van der Waals surface area contributed by atoms with Crippen LogP contribution in [0.2, 0.25) is 0 Å². The minimum Gasteiger partial charge on any atom is -0.472 e. The van der Waals surface area contributed by atoms with Crippen molar-refractivity contribution in [3.05, 3.63) is 24.2 Å². The topological polar surface area (TPSA) is 34.4 Å². The van der Waals surface area contributed by atoms with Crippen molar-refractivity contribution in [2.75, 3.05) is 26.0 Å². The van der Waals surface area contributed by atoms with E-state index >= 15 is 0 Å². The van der Waals surface area contributed by atoms with Gasteiger partial charge in [-0.15, -0.1) is 0 Å². The number of hydrogen-bond donors (Lipinski definition) is 1. The van der Waals surface area contributed by atoms with Crippen molar-refractivity contribution < 1.29 is 9.15 Å². The van der Waals surface area contributed by atoms with Crippen LogP contribution in [0.5, 0.6) is 0 Å². The fourth-order valence-corrected chi connectivity index (χ4v) is 2.85. The quantitative estimate of drug-likeness (QED) is 0.857. The third-order valence-corrected chi connectivity index (χ3v) is 4.61. The maximum absolute atomic E-state index is 5.42. The van der Waals surface area contributed by atoms with E-state index in [0.717, 1.165) is 39.1 Å². The Bertz CT molecular complexity index is 294. The zero-order valence-electron chi connectivity index (χ0n) is 9.70. The van der Waals surface area contributed by atoms with E-state index in [1.165, 1.54) is 5.56 Å². The Hall–Kier alpha value is -0.450. The standard InChI is InChI=1S/C12H19NO2S/c1-16-12(3-6-14-7-4-12)10-13-8-11-2-5-15-9-11/h2,5,9,13H,3-4,6-8,10H2,1H3. The van der Waals surface area contributed by atoms with Crippen LogP contribution >= 0.6 is 11.8 Å². The summed E-state index contributed by atoms with van der Waals surface area (Å²) in [6.07, 6.45) is 8.00. The van der Waals surface area contributed by atoms with Crippen molar-refractivity contribution in [2.45, 2.75) is 24.1 Å².